The lowest BCUT2D eigenvalue weighted by Crippen LogP contribution is -2.51. The van der Waals surface area contributed by atoms with E-state index in [4.69, 9.17) is 5.73 Å². The highest BCUT2D eigenvalue weighted by Gasteiger charge is 2.40. The smallest absolute Gasteiger partial charge is 0.327 e. The standard InChI is InChI=1S/C6H11F3N2/c7-6(8,9)5-2-1-4(10)3-11-5/h4-5,11H,1-3,10H2. The maximum Gasteiger partial charge on any atom is 0.403 e. The van der Waals surface area contributed by atoms with Gasteiger partial charge in [0, 0.05) is 12.6 Å². The zero-order valence-corrected chi connectivity index (χ0v) is 5.99. The molecule has 66 valence electrons. The fourth-order valence-electron chi connectivity index (χ4n) is 1.16. The summed E-state index contributed by atoms with van der Waals surface area (Å²) in [5, 5.41) is 2.36. The van der Waals surface area contributed by atoms with Crippen molar-refractivity contribution in [3.05, 3.63) is 0 Å². The van der Waals surface area contributed by atoms with Crippen molar-refractivity contribution in [3.63, 3.8) is 0 Å². The third kappa shape index (κ3) is 2.34. The van der Waals surface area contributed by atoms with Crippen molar-refractivity contribution in [1.82, 2.24) is 5.32 Å². The van der Waals surface area contributed by atoms with Crippen molar-refractivity contribution in [2.45, 2.75) is 31.1 Å². The van der Waals surface area contributed by atoms with Gasteiger partial charge in [0.15, 0.2) is 0 Å². The number of hydrogen-bond acceptors (Lipinski definition) is 2. The Balaban J connectivity index is 2.39. The Bertz CT molecular complexity index is 126. The second kappa shape index (κ2) is 2.98. The zero-order valence-electron chi connectivity index (χ0n) is 5.99. The van der Waals surface area contributed by atoms with Gasteiger partial charge in [-0.05, 0) is 12.8 Å². The molecule has 0 aliphatic carbocycles. The molecule has 1 fully saturated rings. The van der Waals surface area contributed by atoms with Gasteiger partial charge in [-0.2, -0.15) is 13.2 Å². The van der Waals surface area contributed by atoms with Crippen LogP contribution in [-0.4, -0.2) is 24.8 Å². The number of alkyl halides is 3. The lowest BCUT2D eigenvalue weighted by molar-refractivity contribution is -0.160. The molecule has 1 rings (SSSR count). The molecule has 0 spiro atoms. The van der Waals surface area contributed by atoms with Crippen LogP contribution >= 0.6 is 0 Å². The number of nitrogens with two attached hydrogens (primary N) is 1. The van der Waals surface area contributed by atoms with Crippen LogP contribution in [0.3, 0.4) is 0 Å². The highest BCUT2D eigenvalue weighted by molar-refractivity contribution is 4.84. The van der Waals surface area contributed by atoms with Gasteiger partial charge >= 0.3 is 6.18 Å². The fourth-order valence-corrected chi connectivity index (χ4v) is 1.16. The van der Waals surface area contributed by atoms with Gasteiger partial charge in [-0.15, -0.1) is 0 Å². The summed E-state index contributed by atoms with van der Waals surface area (Å²) in [6.07, 6.45) is -3.55. The van der Waals surface area contributed by atoms with E-state index in [0.29, 0.717) is 6.42 Å². The minimum Gasteiger partial charge on any atom is -0.327 e. The molecular formula is C6H11F3N2. The monoisotopic (exact) mass is 168 g/mol. The number of hydrogen-bond donors (Lipinski definition) is 2. The normalized spacial score (nSPS) is 33.8. The first kappa shape index (κ1) is 8.80. The molecule has 0 aromatic heterocycles. The van der Waals surface area contributed by atoms with E-state index in [9.17, 15) is 13.2 Å². The average Bonchev–Trinajstić information content (AvgIpc) is 1.86. The number of nitrogens with one attached hydrogen (secondary N) is 1. The molecule has 0 radical (unpaired) electrons. The van der Waals surface area contributed by atoms with E-state index in [0.717, 1.165) is 0 Å². The van der Waals surface area contributed by atoms with Crippen LogP contribution in [0.4, 0.5) is 13.2 Å². The summed E-state index contributed by atoms with van der Waals surface area (Å²) in [6, 6.07) is -1.46. The van der Waals surface area contributed by atoms with Crippen LogP contribution in [0.15, 0.2) is 0 Å². The summed E-state index contributed by atoms with van der Waals surface area (Å²) >= 11 is 0. The Hall–Kier alpha value is -0.290. The SMILES string of the molecule is NC1CCC(C(F)(F)F)NC1. The van der Waals surface area contributed by atoms with Crippen LogP contribution < -0.4 is 11.1 Å². The van der Waals surface area contributed by atoms with Gasteiger partial charge < -0.3 is 11.1 Å². The van der Waals surface area contributed by atoms with Gasteiger partial charge in [0.2, 0.25) is 0 Å². The Morgan fingerprint density at radius 3 is 2.27 bits per heavy atom. The quantitative estimate of drug-likeness (QED) is 0.556. The largest absolute Gasteiger partial charge is 0.403 e. The second-order valence-corrected chi connectivity index (χ2v) is 2.84. The topological polar surface area (TPSA) is 38.0 Å². The predicted molar refractivity (Wildman–Crippen MR) is 35.1 cm³/mol. The van der Waals surface area contributed by atoms with Crippen molar-refractivity contribution >= 4 is 0 Å². The van der Waals surface area contributed by atoms with E-state index in [1.54, 1.807) is 0 Å². The molecule has 5 heteroatoms. The molecule has 1 aliphatic rings. The summed E-state index contributed by atoms with van der Waals surface area (Å²) in [5.74, 6) is 0. The van der Waals surface area contributed by atoms with Gasteiger partial charge in [-0.3, -0.25) is 0 Å². The Labute approximate surface area is 62.9 Å². The highest BCUT2D eigenvalue weighted by atomic mass is 19.4. The van der Waals surface area contributed by atoms with E-state index in [-0.39, 0.29) is 19.0 Å². The molecule has 11 heavy (non-hydrogen) atoms. The van der Waals surface area contributed by atoms with Gasteiger partial charge in [-0.25, -0.2) is 0 Å². The minimum absolute atomic E-state index is 0.102. The van der Waals surface area contributed by atoms with E-state index in [1.807, 2.05) is 0 Å². The molecule has 0 bridgehead atoms. The van der Waals surface area contributed by atoms with Crippen LogP contribution in [0.2, 0.25) is 0 Å². The first-order chi connectivity index (χ1) is 5.00. The molecule has 1 saturated heterocycles. The summed E-state index contributed by atoms with van der Waals surface area (Å²) in [4.78, 5) is 0. The van der Waals surface area contributed by atoms with Crippen molar-refractivity contribution in [1.29, 1.82) is 0 Å². The summed E-state index contributed by atoms with van der Waals surface area (Å²) in [7, 11) is 0. The van der Waals surface area contributed by atoms with Gasteiger partial charge in [0.05, 0.1) is 0 Å². The zero-order chi connectivity index (χ0) is 8.48. The molecule has 0 aromatic rings. The third-order valence-corrected chi connectivity index (χ3v) is 1.85. The molecule has 1 heterocycles. The Kier molecular flexibility index (Phi) is 2.39. The van der Waals surface area contributed by atoms with E-state index >= 15 is 0 Å². The Morgan fingerprint density at radius 2 is 1.91 bits per heavy atom. The number of piperidine rings is 1. The van der Waals surface area contributed by atoms with Crippen molar-refractivity contribution in [2.24, 2.45) is 5.73 Å². The maximum atomic E-state index is 12.0. The van der Waals surface area contributed by atoms with Crippen LogP contribution in [0.1, 0.15) is 12.8 Å². The van der Waals surface area contributed by atoms with Crippen LogP contribution in [-0.2, 0) is 0 Å². The Morgan fingerprint density at radius 1 is 1.27 bits per heavy atom. The van der Waals surface area contributed by atoms with Crippen LogP contribution in [0, 0.1) is 0 Å². The van der Waals surface area contributed by atoms with Crippen molar-refractivity contribution in [3.8, 4) is 0 Å². The molecule has 2 nitrogen and oxygen atoms in total. The summed E-state index contributed by atoms with van der Waals surface area (Å²) in [5.41, 5.74) is 5.41. The van der Waals surface area contributed by atoms with E-state index in [1.165, 1.54) is 0 Å². The molecular weight excluding hydrogens is 157 g/mol. The predicted octanol–water partition coefficient (Wildman–Crippen LogP) is 0.628. The molecule has 1 aliphatic heterocycles. The fraction of sp³-hybridized carbons (Fsp3) is 1.00. The first-order valence-corrected chi connectivity index (χ1v) is 3.56. The molecule has 2 unspecified atom stereocenters. The highest BCUT2D eigenvalue weighted by Crippen LogP contribution is 2.25. The third-order valence-electron chi connectivity index (χ3n) is 1.85. The summed E-state index contributed by atoms with van der Waals surface area (Å²) in [6.45, 7) is 0.268. The van der Waals surface area contributed by atoms with Crippen LogP contribution in [0.25, 0.3) is 0 Å². The van der Waals surface area contributed by atoms with Gasteiger partial charge in [0.1, 0.15) is 6.04 Å². The van der Waals surface area contributed by atoms with E-state index in [2.05, 4.69) is 5.32 Å². The van der Waals surface area contributed by atoms with Gasteiger partial charge in [0.25, 0.3) is 0 Å². The summed E-state index contributed by atoms with van der Waals surface area (Å²) < 4.78 is 35.9. The first-order valence-electron chi connectivity index (χ1n) is 3.56. The second-order valence-electron chi connectivity index (χ2n) is 2.84. The lowest BCUT2D eigenvalue weighted by Gasteiger charge is -2.28. The maximum absolute atomic E-state index is 12.0. The number of rotatable bonds is 0. The number of halogens is 3. The average molecular weight is 168 g/mol. The molecule has 0 saturated carbocycles. The van der Waals surface area contributed by atoms with E-state index < -0.39 is 12.2 Å². The molecule has 0 amide bonds. The molecule has 0 aromatic carbocycles. The van der Waals surface area contributed by atoms with Crippen molar-refractivity contribution < 1.29 is 13.2 Å². The van der Waals surface area contributed by atoms with Crippen LogP contribution in [0.5, 0.6) is 0 Å². The minimum atomic E-state index is -4.11. The lowest BCUT2D eigenvalue weighted by atomic mass is 10.0. The van der Waals surface area contributed by atoms with Gasteiger partial charge in [-0.1, -0.05) is 0 Å². The van der Waals surface area contributed by atoms with Crippen molar-refractivity contribution in [2.75, 3.05) is 6.54 Å². The molecule has 2 atom stereocenters. The molecule has 3 N–H and O–H groups in total.